The lowest BCUT2D eigenvalue weighted by atomic mass is 9.92. The second kappa shape index (κ2) is 9.20. The summed E-state index contributed by atoms with van der Waals surface area (Å²) >= 11 is 0. The molecular formula is C22H34N4O3. The lowest BCUT2D eigenvalue weighted by molar-refractivity contribution is 0.0625. The van der Waals surface area contributed by atoms with E-state index in [9.17, 15) is 9.59 Å². The molecule has 1 aliphatic carbocycles. The molecule has 0 spiro atoms. The van der Waals surface area contributed by atoms with E-state index in [1.807, 2.05) is 11.8 Å². The summed E-state index contributed by atoms with van der Waals surface area (Å²) in [6.07, 6.45) is 8.91. The number of hydrogen-bond donors (Lipinski definition) is 1. The molecular weight excluding hydrogens is 368 g/mol. The van der Waals surface area contributed by atoms with Crippen LogP contribution in [0.5, 0.6) is 0 Å². The number of urea groups is 1. The van der Waals surface area contributed by atoms with Crippen LogP contribution >= 0.6 is 0 Å². The number of nitrogens with zero attached hydrogens (tertiary/aromatic N) is 3. The second-order valence-corrected chi connectivity index (χ2v) is 8.76. The first-order valence-electron chi connectivity index (χ1n) is 11.3. The van der Waals surface area contributed by atoms with E-state index in [1.165, 1.54) is 38.6 Å². The Bertz CT molecular complexity index is 705. The number of carbonyl (C=O) groups excluding carboxylic acids is 2. The lowest BCUT2D eigenvalue weighted by Gasteiger charge is -2.41. The number of piperazine rings is 1. The highest BCUT2D eigenvalue weighted by Crippen LogP contribution is 2.25. The van der Waals surface area contributed by atoms with Gasteiger partial charge in [-0.2, -0.15) is 0 Å². The van der Waals surface area contributed by atoms with Crippen molar-refractivity contribution >= 4 is 11.9 Å². The predicted octanol–water partition coefficient (Wildman–Crippen LogP) is 2.85. The average Bonchev–Trinajstić information content (AvgIpc) is 3.20. The molecule has 3 amide bonds. The van der Waals surface area contributed by atoms with Crippen LogP contribution in [0.15, 0.2) is 16.5 Å². The minimum absolute atomic E-state index is 0.0152. The summed E-state index contributed by atoms with van der Waals surface area (Å²) in [5.41, 5.74) is 0. The van der Waals surface area contributed by atoms with Gasteiger partial charge in [0.05, 0.1) is 0 Å². The molecule has 1 aromatic rings. The number of likely N-dealkylation sites (tertiary alicyclic amines) is 1. The molecule has 1 aromatic heterocycles. The van der Waals surface area contributed by atoms with E-state index in [1.54, 1.807) is 17.0 Å². The smallest absolute Gasteiger partial charge is 0.317 e. The van der Waals surface area contributed by atoms with E-state index in [-0.39, 0.29) is 18.0 Å². The number of carbonyl (C=O) groups is 2. The Balaban J connectivity index is 1.23. The molecule has 3 aliphatic rings. The van der Waals surface area contributed by atoms with Gasteiger partial charge in [0.15, 0.2) is 5.76 Å². The van der Waals surface area contributed by atoms with Crippen LogP contribution in [-0.2, 0) is 0 Å². The largest absolute Gasteiger partial charge is 0.456 e. The van der Waals surface area contributed by atoms with Crippen molar-refractivity contribution in [3.05, 3.63) is 23.7 Å². The third kappa shape index (κ3) is 4.94. The van der Waals surface area contributed by atoms with Crippen molar-refractivity contribution in [2.75, 3.05) is 39.3 Å². The minimum atomic E-state index is -0.0893. The van der Waals surface area contributed by atoms with E-state index in [4.69, 9.17) is 4.42 Å². The molecule has 3 heterocycles. The van der Waals surface area contributed by atoms with Crippen molar-refractivity contribution in [3.8, 4) is 0 Å². The number of piperidine rings is 1. The van der Waals surface area contributed by atoms with Crippen molar-refractivity contribution < 1.29 is 14.0 Å². The maximum atomic E-state index is 12.8. The summed E-state index contributed by atoms with van der Waals surface area (Å²) in [6.45, 7) is 6.21. The Kier molecular flexibility index (Phi) is 6.43. The molecule has 1 N–H and O–H groups in total. The molecule has 4 rings (SSSR count). The van der Waals surface area contributed by atoms with E-state index in [0.717, 1.165) is 25.1 Å². The Labute approximate surface area is 173 Å². The van der Waals surface area contributed by atoms with Crippen molar-refractivity contribution in [2.45, 2.75) is 64.0 Å². The maximum absolute atomic E-state index is 12.8. The first-order valence-corrected chi connectivity index (χ1v) is 11.3. The second-order valence-electron chi connectivity index (χ2n) is 8.76. The monoisotopic (exact) mass is 402 g/mol. The fourth-order valence-electron chi connectivity index (χ4n) is 4.99. The summed E-state index contributed by atoms with van der Waals surface area (Å²) in [5.74, 6) is 1.03. The van der Waals surface area contributed by atoms with Gasteiger partial charge in [0.25, 0.3) is 5.91 Å². The van der Waals surface area contributed by atoms with Gasteiger partial charge in [-0.3, -0.25) is 9.69 Å². The van der Waals surface area contributed by atoms with E-state index >= 15 is 0 Å². The third-order valence-electron chi connectivity index (χ3n) is 6.68. The SMILES string of the molecule is Cc1ccc(C(=O)N2CCN(C(=O)NC3CCCN(C4CCCCC4)C3)CC2)o1. The van der Waals surface area contributed by atoms with Gasteiger partial charge in [-0.15, -0.1) is 0 Å². The van der Waals surface area contributed by atoms with Crippen LogP contribution in [0.1, 0.15) is 61.3 Å². The fourth-order valence-corrected chi connectivity index (χ4v) is 4.99. The molecule has 7 nitrogen and oxygen atoms in total. The van der Waals surface area contributed by atoms with Gasteiger partial charge < -0.3 is 19.5 Å². The van der Waals surface area contributed by atoms with Gasteiger partial charge in [0.1, 0.15) is 5.76 Å². The third-order valence-corrected chi connectivity index (χ3v) is 6.68. The zero-order chi connectivity index (χ0) is 20.2. The number of furan rings is 1. The van der Waals surface area contributed by atoms with Crippen molar-refractivity contribution in [3.63, 3.8) is 0 Å². The minimum Gasteiger partial charge on any atom is -0.456 e. The van der Waals surface area contributed by atoms with Crippen LogP contribution in [0, 0.1) is 6.92 Å². The summed E-state index contributed by atoms with van der Waals surface area (Å²) in [7, 11) is 0. The first-order chi connectivity index (χ1) is 14.1. The average molecular weight is 403 g/mol. The van der Waals surface area contributed by atoms with E-state index in [2.05, 4.69) is 10.2 Å². The lowest BCUT2D eigenvalue weighted by Crippen LogP contribution is -2.57. The highest BCUT2D eigenvalue weighted by molar-refractivity contribution is 5.91. The number of amides is 3. The molecule has 0 bridgehead atoms. The van der Waals surface area contributed by atoms with Crippen LogP contribution < -0.4 is 5.32 Å². The van der Waals surface area contributed by atoms with E-state index < -0.39 is 0 Å². The standard InChI is InChI=1S/C22H34N4O3/c1-17-9-10-20(29-17)21(27)24-12-14-25(15-13-24)22(28)23-18-6-5-11-26(16-18)19-7-3-2-4-8-19/h9-10,18-19H,2-8,11-16H2,1H3,(H,23,28). The molecule has 160 valence electrons. The zero-order valence-electron chi connectivity index (χ0n) is 17.6. The van der Waals surface area contributed by atoms with Crippen LogP contribution in [0.4, 0.5) is 4.79 Å². The molecule has 0 aromatic carbocycles. The topological polar surface area (TPSA) is 69.0 Å². The zero-order valence-corrected chi connectivity index (χ0v) is 17.6. The van der Waals surface area contributed by atoms with Crippen LogP contribution in [-0.4, -0.2) is 78.0 Å². The molecule has 1 atom stereocenters. The number of hydrogen-bond acceptors (Lipinski definition) is 4. The predicted molar refractivity (Wildman–Crippen MR) is 111 cm³/mol. The Morgan fingerprint density at radius 2 is 1.66 bits per heavy atom. The van der Waals surface area contributed by atoms with Gasteiger partial charge in [0.2, 0.25) is 0 Å². The van der Waals surface area contributed by atoms with Crippen molar-refractivity contribution in [1.29, 1.82) is 0 Å². The highest BCUT2D eigenvalue weighted by Gasteiger charge is 2.30. The van der Waals surface area contributed by atoms with Crippen LogP contribution in [0.3, 0.4) is 0 Å². The van der Waals surface area contributed by atoms with Gasteiger partial charge in [-0.1, -0.05) is 19.3 Å². The van der Waals surface area contributed by atoms with Gasteiger partial charge in [-0.05, 0) is 51.3 Å². The normalized spacial score (nSPS) is 24.5. The Morgan fingerprint density at radius 3 is 2.34 bits per heavy atom. The molecule has 3 fully saturated rings. The van der Waals surface area contributed by atoms with Crippen LogP contribution in [0.2, 0.25) is 0 Å². The first kappa shape index (κ1) is 20.3. The fraction of sp³-hybridized carbons (Fsp3) is 0.727. The molecule has 0 radical (unpaired) electrons. The summed E-state index contributed by atoms with van der Waals surface area (Å²) < 4.78 is 5.44. The van der Waals surface area contributed by atoms with Crippen LogP contribution in [0.25, 0.3) is 0 Å². The Hall–Kier alpha value is -2.02. The molecule has 1 saturated carbocycles. The molecule has 29 heavy (non-hydrogen) atoms. The number of nitrogens with one attached hydrogen (secondary N) is 1. The molecule has 7 heteroatoms. The maximum Gasteiger partial charge on any atom is 0.317 e. The van der Waals surface area contributed by atoms with E-state index in [0.29, 0.717) is 38.0 Å². The number of aryl methyl sites for hydroxylation is 1. The molecule has 2 aliphatic heterocycles. The van der Waals surface area contributed by atoms with Gasteiger partial charge in [0, 0.05) is 44.8 Å². The van der Waals surface area contributed by atoms with Gasteiger partial charge >= 0.3 is 6.03 Å². The van der Waals surface area contributed by atoms with Gasteiger partial charge in [-0.25, -0.2) is 4.79 Å². The summed E-state index contributed by atoms with van der Waals surface area (Å²) in [4.78, 5) is 31.5. The number of rotatable bonds is 3. The molecule has 1 unspecified atom stereocenters. The van der Waals surface area contributed by atoms with Crippen molar-refractivity contribution in [1.82, 2.24) is 20.0 Å². The Morgan fingerprint density at radius 1 is 0.931 bits per heavy atom. The summed E-state index contributed by atoms with van der Waals surface area (Å²) in [6, 6.07) is 4.49. The van der Waals surface area contributed by atoms with Crippen molar-refractivity contribution in [2.24, 2.45) is 0 Å². The molecule has 2 saturated heterocycles. The highest BCUT2D eigenvalue weighted by atomic mass is 16.3. The quantitative estimate of drug-likeness (QED) is 0.844. The summed E-state index contributed by atoms with van der Waals surface area (Å²) in [5, 5.41) is 3.26.